The number of benzene rings is 3. The first-order valence-corrected chi connectivity index (χ1v) is 13.6. The molecule has 1 aliphatic rings. The third-order valence-corrected chi connectivity index (χ3v) is 7.91. The van der Waals surface area contributed by atoms with Crippen LogP contribution in [0.2, 0.25) is 0 Å². The zero-order valence-corrected chi connectivity index (χ0v) is 22.7. The number of imidazole rings is 1. The molecule has 0 saturated carbocycles. The maximum absolute atomic E-state index is 6.49. The number of aromatic nitrogens is 5. The fourth-order valence-electron chi connectivity index (χ4n) is 5.83. The van der Waals surface area contributed by atoms with Crippen molar-refractivity contribution >= 4 is 33.3 Å². The first kappa shape index (κ1) is 23.5. The predicted octanol–water partition coefficient (Wildman–Crippen LogP) is 7.96. The number of hydrogen-bond acceptors (Lipinski definition) is 5. The van der Waals surface area contributed by atoms with E-state index in [0.717, 1.165) is 67.7 Å². The summed E-state index contributed by atoms with van der Waals surface area (Å²) in [5.41, 5.74) is 8.50. The molecule has 1 aliphatic heterocycles. The molecule has 0 bridgehead atoms. The minimum absolute atomic E-state index is 0.686. The quantitative estimate of drug-likeness (QED) is 0.229. The predicted molar refractivity (Wildman–Crippen MR) is 162 cm³/mol. The topological polar surface area (TPSA) is 61.0 Å². The molecule has 8 rings (SSSR count). The fourth-order valence-corrected chi connectivity index (χ4v) is 5.83. The van der Waals surface area contributed by atoms with Gasteiger partial charge in [0.1, 0.15) is 29.8 Å². The second kappa shape index (κ2) is 9.06. The monoisotopic (exact) mass is 534 g/mol. The smallest absolute Gasteiger partial charge is 0.144 e. The van der Waals surface area contributed by atoms with E-state index < -0.39 is 0 Å². The summed E-state index contributed by atoms with van der Waals surface area (Å²) in [7, 11) is 0. The van der Waals surface area contributed by atoms with E-state index in [2.05, 4.69) is 92.4 Å². The Morgan fingerprint density at radius 3 is 2.49 bits per heavy atom. The molecule has 0 spiro atoms. The first-order valence-electron chi connectivity index (χ1n) is 13.6. The molecule has 5 heterocycles. The third-order valence-electron chi connectivity index (χ3n) is 7.91. The number of para-hydroxylation sites is 1. The van der Waals surface area contributed by atoms with Crippen molar-refractivity contribution in [2.45, 2.75) is 20.5 Å². The summed E-state index contributed by atoms with van der Waals surface area (Å²) in [6.07, 6.45) is 3.64. The highest BCUT2D eigenvalue weighted by atomic mass is 16.5. The molecule has 0 amide bonds. The van der Waals surface area contributed by atoms with Gasteiger partial charge in [-0.3, -0.25) is 9.55 Å². The average Bonchev–Trinajstić information content (AvgIpc) is 3.50. The van der Waals surface area contributed by atoms with Crippen LogP contribution in [0, 0.1) is 13.8 Å². The van der Waals surface area contributed by atoms with Crippen molar-refractivity contribution in [1.82, 2.24) is 24.1 Å². The lowest BCUT2D eigenvalue weighted by molar-refractivity contribution is 0.483. The van der Waals surface area contributed by atoms with Gasteiger partial charge in [0.25, 0.3) is 0 Å². The highest BCUT2D eigenvalue weighted by Gasteiger charge is 2.26. The number of rotatable bonds is 4. The molecule has 3 aromatic carbocycles. The molecule has 0 saturated heterocycles. The van der Waals surface area contributed by atoms with Crippen molar-refractivity contribution in [1.29, 1.82) is 0 Å². The van der Waals surface area contributed by atoms with Crippen molar-refractivity contribution in [3.63, 3.8) is 0 Å². The largest absolute Gasteiger partial charge is 0.457 e. The SMILES string of the molecule is Cc1nc2n(c1C)CN(c1cccc(Oc3ccc4c5ncccc5n(-c5ccccn5)c4c3)c1)c1ccccc1-2. The highest BCUT2D eigenvalue weighted by molar-refractivity contribution is 6.07. The maximum Gasteiger partial charge on any atom is 0.144 e. The Labute approximate surface area is 236 Å². The van der Waals surface area contributed by atoms with Gasteiger partial charge in [-0.2, -0.15) is 0 Å². The van der Waals surface area contributed by atoms with E-state index in [0.29, 0.717) is 6.67 Å². The lowest BCUT2D eigenvalue weighted by atomic mass is 10.1. The molecule has 41 heavy (non-hydrogen) atoms. The zero-order chi connectivity index (χ0) is 27.5. The Hall–Kier alpha value is -5.43. The molecule has 0 atom stereocenters. The Bertz CT molecular complexity index is 2090. The van der Waals surface area contributed by atoms with Crippen LogP contribution in [0.25, 0.3) is 39.1 Å². The molecule has 0 aliphatic carbocycles. The van der Waals surface area contributed by atoms with Gasteiger partial charge in [0.2, 0.25) is 0 Å². The Morgan fingerprint density at radius 2 is 1.59 bits per heavy atom. The number of nitrogens with zero attached hydrogens (tertiary/aromatic N) is 6. The van der Waals surface area contributed by atoms with Crippen molar-refractivity contribution in [2.24, 2.45) is 0 Å². The Kier molecular flexibility index (Phi) is 5.18. The van der Waals surface area contributed by atoms with E-state index in [9.17, 15) is 0 Å². The molecule has 0 radical (unpaired) electrons. The summed E-state index contributed by atoms with van der Waals surface area (Å²) in [6.45, 7) is 4.89. The molecule has 7 nitrogen and oxygen atoms in total. The number of hydrogen-bond donors (Lipinski definition) is 0. The summed E-state index contributed by atoms with van der Waals surface area (Å²) in [4.78, 5) is 16.5. The fraction of sp³-hybridized carbons (Fsp3) is 0.0882. The Balaban J connectivity index is 1.19. The molecule has 4 aromatic heterocycles. The highest BCUT2D eigenvalue weighted by Crippen LogP contribution is 2.41. The van der Waals surface area contributed by atoms with Crippen molar-refractivity contribution in [2.75, 3.05) is 4.90 Å². The summed E-state index contributed by atoms with van der Waals surface area (Å²) < 4.78 is 10.9. The second-order valence-corrected chi connectivity index (χ2v) is 10.3. The van der Waals surface area contributed by atoms with Crippen molar-refractivity contribution < 1.29 is 4.74 Å². The minimum atomic E-state index is 0.686. The second-order valence-electron chi connectivity index (χ2n) is 10.3. The lowest BCUT2D eigenvalue weighted by Crippen LogP contribution is -2.26. The van der Waals surface area contributed by atoms with Gasteiger partial charge in [-0.1, -0.05) is 24.3 Å². The molecule has 0 unspecified atom stereocenters. The molecule has 0 N–H and O–H groups in total. The van der Waals surface area contributed by atoms with Crippen LogP contribution in [0.4, 0.5) is 11.4 Å². The molecule has 0 fully saturated rings. The molecular formula is C34H26N6O. The molecule has 7 aromatic rings. The van der Waals surface area contributed by atoms with E-state index in [1.54, 1.807) is 0 Å². The molecule has 7 heteroatoms. The lowest BCUT2D eigenvalue weighted by Gasteiger charge is -2.33. The summed E-state index contributed by atoms with van der Waals surface area (Å²) in [6, 6.07) is 32.8. The van der Waals surface area contributed by atoms with Gasteiger partial charge < -0.3 is 14.2 Å². The average molecular weight is 535 g/mol. The van der Waals surface area contributed by atoms with Gasteiger partial charge in [-0.15, -0.1) is 0 Å². The van der Waals surface area contributed by atoms with Crippen LogP contribution < -0.4 is 9.64 Å². The number of fused-ring (bicyclic) bond motifs is 6. The molecule has 198 valence electrons. The van der Waals surface area contributed by atoms with Crippen molar-refractivity contribution in [3.8, 4) is 28.7 Å². The molecular weight excluding hydrogens is 508 g/mol. The van der Waals surface area contributed by atoms with E-state index >= 15 is 0 Å². The van der Waals surface area contributed by atoms with Gasteiger partial charge in [0.05, 0.1) is 27.9 Å². The summed E-state index contributed by atoms with van der Waals surface area (Å²) in [5, 5.41) is 1.05. The number of anilines is 2. The van der Waals surface area contributed by atoms with Crippen LogP contribution in [-0.2, 0) is 6.67 Å². The van der Waals surface area contributed by atoms with Crippen molar-refractivity contribution in [3.05, 3.63) is 121 Å². The van der Waals surface area contributed by atoms with Crippen LogP contribution in [0.5, 0.6) is 11.5 Å². The first-order chi connectivity index (χ1) is 20.2. The van der Waals surface area contributed by atoms with Gasteiger partial charge in [0, 0.05) is 46.9 Å². The minimum Gasteiger partial charge on any atom is -0.457 e. The normalized spacial score (nSPS) is 12.5. The van der Waals surface area contributed by atoms with Crippen LogP contribution in [0.3, 0.4) is 0 Å². The zero-order valence-electron chi connectivity index (χ0n) is 22.7. The van der Waals surface area contributed by atoms with Gasteiger partial charge in [-0.25, -0.2) is 9.97 Å². The van der Waals surface area contributed by atoms with Gasteiger partial charge >= 0.3 is 0 Å². The number of pyridine rings is 2. The maximum atomic E-state index is 6.49. The number of aryl methyl sites for hydroxylation is 1. The Morgan fingerprint density at radius 1 is 0.732 bits per heavy atom. The number of ether oxygens (including phenoxy) is 1. The van der Waals surface area contributed by atoms with Crippen LogP contribution >= 0.6 is 0 Å². The van der Waals surface area contributed by atoms with Gasteiger partial charge in [0.15, 0.2) is 0 Å². The third kappa shape index (κ3) is 3.70. The van der Waals surface area contributed by atoms with E-state index in [1.807, 2.05) is 54.9 Å². The van der Waals surface area contributed by atoms with E-state index in [1.165, 1.54) is 5.69 Å². The standard InChI is InChI=1S/C34H26N6O/c1-22-23(2)38-21-39(29-12-4-3-11-28(29)34(38)37-22)24-9-7-10-25(19-24)41-26-15-16-27-31(20-26)40(32-14-5-6-17-35-32)30-13-8-18-36-33(27)30/h3-20H,21H2,1-2H3. The van der Waals surface area contributed by atoms with E-state index in [4.69, 9.17) is 9.72 Å². The van der Waals surface area contributed by atoms with Gasteiger partial charge in [-0.05, 0) is 74.5 Å². The van der Waals surface area contributed by atoms with Crippen LogP contribution in [0.1, 0.15) is 11.4 Å². The van der Waals surface area contributed by atoms with Crippen LogP contribution in [-0.4, -0.2) is 24.1 Å². The summed E-state index contributed by atoms with van der Waals surface area (Å²) in [5.74, 6) is 3.37. The van der Waals surface area contributed by atoms with Crippen LogP contribution in [0.15, 0.2) is 109 Å². The van der Waals surface area contributed by atoms with E-state index in [-0.39, 0.29) is 0 Å². The summed E-state index contributed by atoms with van der Waals surface area (Å²) >= 11 is 0.